The summed E-state index contributed by atoms with van der Waals surface area (Å²) < 4.78 is 0. The van der Waals surface area contributed by atoms with E-state index in [9.17, 15) is 5.11 Å². The zero-order chi connectivity index (χ0) is 10.7. The predicted molar refractivity (Wildman–Crippen MR) is 62.9 cm³/mol. The van der Waals surface area contributed by atoms with E-state index in [1.165, 1.54) is 17.5 Å². The highest BCUT2D eigenvalue weighted by Crippen LogP contribution is 2.34. The highest BCUT2D eigenvalue weighted by molar-refractivity contribution is 5.33. The second-order valence-corrected chi connectivity index (χ2v) is 4.29. The molecule has 0 spiro atoms. The lowest BCUT2D eigenvalue weighted by atomic mass is 9.79. The average molecular weight is 202 g/mol. The van der Waals surface area contributed by atoms with Crippen molar-refractivity contribution in [2.75, 3.05) is 0 Å². The van der Waals surface area contributed by atoms with Crippen LogP contribution in [0.2, 0.25) is 0 Å². The summed E-state index contributed by atoms with van der Waals surface area (Å²) in [5.74, 6) is 0.313. The first-order valence-corrected chi connectivity index (χ1v) is 5.69. The van der Waals surface area contributed by atoms with Crippen molar-refractivity contribution in [2.45, 2.75) is 37.7 Å². The Morgan fingerprint density at radius 2 is 2.27 bits per heavy atom. The summed E-state index contributed by atoms with van der Waals surface area (Å²) in [7, 11) is 0. The molecule has 1 aliphatic carbocycles. The van der Waals surface area contributed by atoms with Gasteiger partial charge in [-0.1, -0.05) is 30.3 Å². The first kappa shape index (κ1) is 10.4. The van der Waals surface area contributed by atoms with Crippen LogP contribution < -0.4 is 0 Å². The lowest BCUT2D eigenvalue weighted by Gasteiger charge is -2.28. The van der Waals surface area contributed by atoms with Crippen molar-refractivity contribution in [1.82, 2.24) is 0 Å². The van der Waals surface area contributed by atoms with Gasteiger partial charge in [-0.15, -0.1) is 6.58 Å². The number of benzene rings is 1. The van der Waals surface area contributed by atoms with Crippen molar-refractivity contribution in [2.24, 2.45) is 0 Å². The fourth-order valence-electron chi connectivity index (χ4n) is 2.53. The molecule has 0 amide bonds. The van der Waals surface area contributed by atoms with E-state index in [0.717, 1.165) is 12.8 Å². The molecule has 1 nitrogen and oxygen atoms in total. The number of fused-ring (bicyclic) bond motifs is 1. The molecule has 2 unspecified atom stereocenters. The number of aliphatic hydroxyl groups excluding tert-OH is 1. The normalized spacial score (nSPS) is 21.8. The molecule has 1 aromatic carbocycles. The standard InChI is InChI=1S/C14H18O/c1-2-6-14(15)13-10-5-8-11-7-3-4-9-12(11)13/h2-4,7,9,13-15H,1,5-6,8,10H2. The predicted octanol–water partition coefficient (Wildman–Crippen LogP) is 3.04. The lowest BCUT2D eigenvalue weighted by Crippen LogP contribution is -2.22. The van der Waals surface area contributed by atoms with Crippen LogP contribution in [0.5, 0.6) is 0 Å². The molecule has 1 aromatic rings. The van der Waals surface area contributed by atoms with E-state index in [0.29, 0.717) is 12.3 Å². The van der Waals surface area contributed by atoms with Gasteiger partial charge in [-0.3, -0.25) is 0 Å². The van der Waals surface area contributed by atoms with E-state index in [4.69, 9.17) is 0 Å². The molecule has 1 aliphatic rings. The molecular formula is C14H18O. The fourth-order valence-corrected chi connectivity index (χ4v) is 2.53. The zero-order valence-corrected chi connectivity index (χ0v) is 9.02. The summed E-state index contributed by atoms with van der Waals surface area (Å²) in [6, 6.07) is 8.49. The molecule has 0 aromatic heterocycles. The third-order valence-electron chi connectivity index (χ3n) is 3.29. The van der Waals surface area contributed by atoms with Gasteiger partial charge in [0.05, 0.1) is 6.10 Å². The molecule has 0 saturated heterocycles. The van der Waals surface area contributed by atoms with Crippen molar-refractivity contribution < 1.29 is 5.11 Å². The summed E-state index contributed by atoms with van der Waals surface area (Å²) >= 11 is 0. The maximum atomic E-state index is 10.0. The molecule has 80 valence electrons. The highest BCUT2D eigenvalue weighted by Gasteiger charge is 2.25. The van der Waals surface area contributed by atoms with E-state index in [1.54, 1.807) is 0 Å². The number of aryl methyl sites for hydroxylation is 1. The van der Waals surface area contributed by atoms with Crippen LogP contribution in [0.15, 0.2) is 36.9 Å². The van der Waals surface area contributed by atoms with Gasteiger partial charge < -0.3 is 5.11 Å². The lowest BCUT2D eigenvalue weighted by molar-refractivity contribution is 0.137. The quantitative estimate of drug-likeness (QED) is 0.747. The molecule has 0 saturated carbocycles. The second kappa shape index (κ2) is 4.63. The van der Waals surface area contributed by atoms with Crippen LogP contribution in [0.25, 0.3) is 0 Å². The van der Waals surface area contributed by atoms with Crippen LogP contribution in [0.4, 0.5) is 0 Å². The molecule has 2 atom stereocenters. The van der Waals surface area contributed by atoms with E-state index >= 15 is 0 Å². The smallest absolute Gasteiger partial charge is 0.0643 e. The number of rotatable bonds is 3. The Morgan fingerprint density at radius 1 is 1.47 bits per heavy atom. The Kier molecular flexibility index (Phi) is 3.22. The van der Waals surface area contributed by atoms with Crippen molar-refractivity contribution in [1.29, 1.82) is 0 Å². The summed E-state index contributed by atoms with van der Waals surface area (Å²) in [6.07, 6.45) is 5.69. The van der Waals surface area contributed by atoms with Gasteiger partial charge >= 0.3 is 0 Å². The van der Waals surface area contributed by atoms with E-state index in [1.807, 2.05) is 6.08 Å². The summed E-state index contributed by atoms with van der Waals surface area (Å²) in [5.41, 5.74) is 2.76. The monoisotopic (exact) mass is 202 g/mol. The summed E-state index contributed by atoms with van der Waals surface area (Å²) in [5, 5.41) is 10.0. The van der Waals surface area contributed by atoms with Gasteiger partial charge in [0.2, 0.25) is 0 Å². The van der Waals surface area contributed by atoms with Crippen molar-refractivity contribution in [3.8, 4) is 0 Å². The van der Waals surface area contributed by atoms with Gasteiger partial charge in [-0.2, -0.15) is 0 Å². The first-order chi connectivity index (χ1) is 7.33. The third kappa shape index (κ3) is 2.13. The Balaban J connectivity index is 2.25. The minimum absolute atomic E-state index is 0.260. The van der Waals surface area contributed by atoms with Crippen LogP contribution in [-0.2, 0) is 6.42 Å². The van der Waals surface area contributed by atoms with Crippen molar-refractivity contribution in [3.05, 3.63) is 48.0 Å². The molecule has 15 heavy (non-hydrogen) atoms. The van der Waals surface area contributed by atoms with E-state index in [2.05, 4.69) is 30.8 Å². The largest absolute Gasteiger partial charge is 0.392 e. The molecule has 0 bridgehead atoms. The molecule has 2 rings (SSSR count). The van der Waals surface area contributed by atoms with Crippen LogP contribution >= 0.6 is 0 Å². The number of aliphatic hydroxyl groups is 1. The van der Waals surface area contributed by atoms with Gasteiger partial charge in [-0.05, 0) is 36.8 Å². The van der Waals surface area contributed by atoms with Gasteiger partial charge in [0, 0.05) is 5.92 Å². The highest BCUT2D eigenvalue weighted by atomic mass is 16.3. The molecular weight excluding hydrogens is 184 g/mol. The average Bonchev–Trinajstić information content (AvgIpc) is 2.28. The van der Waals surface area contributed by atoms with E-state index < -0.39 is 0 Å². The van der Waals surface area contributed by atoms with Crippen LogP contribution in [0, 0.1) is 0 Å². The van der Waals surface area contributed by atoms with Crippen LogP contribution in [0.3, 0.4) is 0 Å². The Labute approximate surface area is 91.4 Å². The molecule has 1 N–H and O–H groups in total. The van der Waals surface area contributed by atoms with Gasteiger partial charge in [0.1, 0.15) is 0 Å². The topological polar surface area (TPSA) is 20.2 Å². The third-order valence-corrected chi connectivity index (χ3v) is 3.29. The maximum absolute atomic E-state index is 10.0. The second-order valence-electron chi connectivity index (χ2n) is 4.29. The number of hydrogen-bond acceptors (Lipinski definition) is 1. The fraction of sp³-hybridized carbons (Fsp3) is 0.429. The minimum atomic E-state index is -0.260. The maximum Gasteiger partial charge on any atom is 0.0643 e. The van der Waals surface area contributed by atoms with Crippen molar-refractivity contribution >= 4 is 0 Å². The van der Waals surface area contributed by atoms with Crippen LogP contribution in [-0.4, -0.2) is 11.2 Å². The van der Waals surface area contributed by atoms with Crippen LogP contribution in [0.1, 0.15) is 36.3 Å². The summed E-state index contributed by atoms with van der Waals surface area (Å²) in [6.45, 7) is 3.69. The Morgan fingerprint density at radius 3 is 3.07 bits per heavy atom. The molecule has 0 radical (unpaired) electrons. The zero-order valence-electron chi connectivity index (χ0n) is 9.02. The van der Waals surface area contributed by atoms with E-state index in [-0.39, 0.29) is 6.10 Å². The van der Waals surface area contributed by atoms with Gasteiger partial charge in [0.15, 0.2) is 0 Å². The SMILES string of the molecule is C=CCC(O)C1CCCc2ccccc21. The van der Waals surface area contributed by atoms with Gasteiger partial charge in [0.25, 0.3) is 0 Å². The molecule has 0 aliphatic heterocycles. The van der Waals surface area contributed by atoms with Gasteiger partial charge in [-0.25, -0.2) is 0 Å². The summed E-state index contributed by atoms with van der Waals surface area (Å²) in [4.78, 5) is 0. The Bertz CT molecular complexity index is 343. The number of hydrogen-bond donors (Lipinski definition) is 1. The molecule has 0 fully saturated rings. The Hall–Kier alpha value is -1.08. The molecule has 1 heteroatoms. The first-order valence-electron chi connectivity index (χ1n) is 5.69. The minimum Gasteiger partial charge on any atom is -0.392 e. The molecule has 0 heterocycles. The van der Waals surface area contributed by atoms with Crippen molar-refractivity contribution in [3.63, 3.8) is 0 Å².